The Morgan fingerprint density at radius 2 is 1.54 bits per heavy atom. The van der Waals surface area contributed by atoms with Crippen molar-refractivity contribution in [1.29, 1.82) is 5.41 Å². The summed E-state index contributed by atoms with van der Waals surface area (Å²) in [6.45, 7) is 7.80. The molecule has 0 radical (unpaired) electrons. The Labute approximate surface area is 81.4 Å². The molecule has 0 spiro atoms. The first kappa shape index (κ1) is 14.2. The van der Waals surface area contributed by atoms with E-state index >= 15 is 0 Å². The minimum atomic E-state index is 1.01. The average Bonchev–Trinajstić information content (AvgIpc) is 2.18. The highest BCUT2D eigenvalue weighted by Crippen LogP contribution is 1.89. The number of nitrogens with two attached hydrogens (primary N) is 1. The maximum atomic E-state index is 6.62. The summed E-state index contributed by atoms with van der Waals surface area (Å²) in [5.41, 5.74) is 7.29. The zero-order chi connectivity index (χ0) is 10.7. The molecular formula is C11H20N2. The molecule has 2 nitrogen and oxygen atoms in total. The van der Waals surface area contributed by atoms with E-state index in [2.05, 4.69) is 0 Å². The van der Waals surface area contributed by atoms with Gasteiger partial charge in [-0.2, -0.15) is 0 Å². The Morgan fingerprint density at radius 1 is 1.08 bits per heavy atom. The molecule has 0 rings (SSSR count). The SMILES string of the molecule is C/C=C(/C)C=N.C/C=C(C)\C=C/N. The van der Waals surface area contributed by atoms with Gasteiger partial charge in [0.2, 0.25) is 0 Å². The summed E-state index contributed by atoms with van der Waals surface area (Å²) >= 11 is 0. The fourth-order valence-electron chi connectivity index (χ4n) is 0.331. The molecule has 0 saturated heterocycles. The highest BCUT2D eigenvalue weighted by molar-refractivity contribution is 5.74. The highest BCUT2D eigenvalue weighted by Gasteiger charge is 1.70. The van der Waals surface area contributed by atoms with Gasteiger partial charge in [0, 0.05) is 6.21 Å². The first-order chi connectivity index (χ1) is 6.12. The van der Waals surface area contributed by atoms with Crippen molar-refractivity contribution < 1.29 is 0 Å². The third kappa shape index (κ3) is 13.7. The molecule has 0 aliphatic rings. The first-order valence-corrected chi connectivity index (χ1v) is 4.26. The van der Waals surface area contributed by atoms with Crippen LogP contribution in [0.5, 0.6) is 0 Å². The smallest absolute Gasteiger partial charge is 0.0203 e. The monoisotopic (exact) mass is 180 g/mol. The summed E-state index contributed by atoms with van der Waals surface area (Å²) in [6.07, 6.45) is 8.63. The predicted octanol–water partition coefficient (Wildman–Crippen LogP) is 3.03. The van der Waals surface area contributed by atoms with Gasteiger partial charge in [0.15, 0.2) is 0 Å². The molecule has 0 bridgehead atoms. The van der Waals surface area contributed by atoms with Crippen molar-refractivity contribution in [2.45, 2.75) is 27.7 Å². The lowest BCUT2D eigenvalue weighted by Crippen LogP contribution is -1.75. The zero-order valence-electron chi connectivity index (χ0n) is 8.96. The van der Waals surface area contributed by atoms with Gasteiger partial charge < -0.3 is 11.1 Å². The van der Waals surface area contributed by atoms with Crippen molar-refractivity contribution in [2.24, 2.45) is 5.73 Å². The summed E-state index contributed by atoms with van der Waals surface area (Å²) in [6, 6.07) is 0. The largest absolute Gasteiger partial charge is 0.405 e. The van der Waals surface area contributed by atoms with Gasteiger partial charge >= 0.3 is 0 Å². The fourth-order valence-corrected chi connectivity index (χ4v) is 0.331. The summed E-state index contributed by atoms with van der Waals surface area (Å²) < 4.78 is 0. The Hall–Kier alpha value is -1.31. The van der Waals surface area contributed by atoms with Crippen LogP contribution in [0.3, 0.4) is 0 Å². The van der Waals surface area contributed by atoms with Crippen LogP contribution in [0.4, 0.5) is 0 Å². The summed E-state index contributed by atoms with van der Waals surface area (Å²) in [5.74, 6) is 0. The van der Waals surface area contributed by atoms with Crippen molar-refractivity contribution >= 4 is 6.21 Å². The Balaban J connectivity index is 0. The molecule has 0 unspecified atom stereocenters. The van der Waals surface area contributed by atoms with Crippen LogP contribution in [0.15, 0.2) is 35.6 Å². The molecule has 0 aromatic rings. The maximum absolute atomic E-state index is 6.62. The topological polar surface area (TPSA) is 49.9 Å². The molecule has 0 atom stereocenters. The van der Waals surface area contributed by atoms with Gasteiger partial charge in [-0.3, -0.25) is 0 Å². The van der Waals surface area contributed by atoms with Crippen LogP contribution in [-0.2, 0) is 0 Å². The number of hydrogen-bond acceptors (Lipinski definition) is 2. The predicted molar refractivity (Wildman–Crippen MR) is 61.0 cm³/mol. The molecule has 0 aliphatic carbocycles. The van der Waals surface area contributed by atoms with Gasteiger partial charge in [0.1, 0.15) is 0 Å². The molecule has 74 valence electrons. The van der Waals surface area contributed by atoms with E-state index in [1.807, 2.05) is 45.9 Å². The molecule has 0 aliphatic heterocycles. The third-order valence-corrected chi connectivity index (χ3v) is 1.50. The van der Waals surface area contributed by atoms with Crippen LogP contribution >= 0.6 is 0 Å². The van der Waals surface area contributed by atoms with Crippen molar-refractivity contribution in [3.8, 4) is 0 Å². The second-order valence-corrected chi connectivity index (χ2v) is 2.57. The van der Waals surface area contributed by atoms with Crippen LogP contribution in [0.2, 0.25) is 0 Å². The van der Waals surface area contributed by atoms with Gasteiger partial charge in [-0.1, -0.05) is 17.7 Å². The number of hydrogen-bond donors (Lipinski definition) is 2. The quantitative estimate of drug-likeness (QED) is 0.498. The Morgan fingerprint density at radius 3 is 1.62 bits per heavy atom. The second-order valence-electron chi connectivity index (χ2n) is 2.57. The molecule has 0 fully saturated rings. The maximum Gasteiger partial charge on any atom is 0.0203 e. The highest BCUT2D eigenvalue weighted by atomic mass is 14.5. The van der Waals surface area contributed by atoms with Gasteiger partial charge in [0.25, 0.3) is 0 Å². The number of nitrogens with one attached hydrogen (secondary N) is 1. The number of allylic oxidation sites excluding steroid dienone is 5. The van der Waals surface area contributed by atoms with Crippen LogP contribution < -0.4 is 5.73 Å². The molecular weight excluding hydrogens is 160 g/mol. The molecule has 0 aromatic heterocycles. The van der Waals surface area contributed by atoms with E-state index in [1.165, 1.54) is 18.0 Å². The summed E-state index contributed by atoms with van der Waals surface area (Å²) in [5, 5.41) is 6.62. The van der Waals surface area contributed by atoms with E-state index in [0.29, 0.717) is 0 Å². The fraction of sp³-hybridized carbons (Fsp3) is 0.364. The van der Waals surface area contributed by atoms with E-state index in [9.17, 15) is 0 Å². The van der Waals surface area contributed by atoms with Gasteiger partial charge in [-0.25, -0.2) is 0 Å². The van der Waals surface area contributed by atoms with Crippen molar-refractivity contribution in [2.75, 3.05) is 0 Å². The van der Waals surface area contributed by atoms with Crippen molar-refractivity contribution in [1.82, 2.24) is 0 Å². The molecule has 0 aromatic carbocycles. The summed E-state index contributed by atoms with van der Waals surface area (Å²) in [7, 11) is 0. The molecule has 0 amide bonds. The molecule has 0 heterocycles. The standard InChI is InChI=1S/C6H11N.C5H9N/c1-3-6(2)4-5-7;1-3-5(2)4-6/h3-5H,7H2,1-2H3;3-4,6H,1-2H3/b5-4-,6-3-;5-3-,6-4?. The second kappa shape index (κ2) is 10.7. The minimum Gasteiger partial charge on any atom is -0.405 e. The Bertz CT molecular complexity index is 210. The lowest BCUT2D eigenvalue weighted by atomic mass is 10.3. The molecule has 2 heteroatoms. The minimum absolute atomic E-state index is 1.01. The lowest BCUT2D eigenvalue weighted by molar-refractivity contribution is 1.45. The number of rotatable bonds is 2. The van der Waals surface area contributed by atoms with E-state index in [-0.39, 0.29) is 0 Å². The van der Waals surface area contributed by atoms with Gasteiger partial charge in [0.05, 0.1) is 0 Å². The normalized spacial score (nSPS) is 12.3. The van der Waals surface area contributed by atoms with Crippen LogP contribution in [0.25, 0.3) is 0 Å². The van der Waals surface area contributed by atoms with E-state index in [0.717, 1.165) is 5.57 Å². The molecule has 3 N–H and O–H groups in total. The summed E-state index contributed by atoms with van der Waals surface area (Å²) in [4.78, 5) is 0. The van der Waals surface area contributed by atoms with E-state index < -0.39 is 0 Å². The van der Waals surface area contributed by atoms with Crippen LogP contribution in [0.1, 0.15) is 27.7 Å². The third-order valence-electron chi connectivity index (χ3n) is 1.50. The first-order valence-electron chi connectivity index (χ1n) is 4.26. The van der Waals surface area contributed by atoms with Crippen molar-refractivity contribution in [3.63, 3.8) is 0 Å². The van der Waals surface area contributed by atoms with E-state index in [1.54, 1.807) is 0 Å². The van der Waals surface area contributed by atoms with Gasteiger partial charge in [-0.15, -0.1) is 0 Å². The van der Waals surface area contributed by atoms with Crippen molar-refractivity contribution in [3.05, 3.63) is 35.6 Å². The lowest BCUT2D eigenvalue weighted by Gasteiger charge is -1.81. The van der Waals surface area contributed by atoms with Crippen LogP contribution in [-0.4, -0.2) is 6.21 Å². The molecule has 13 heavy (non-hydrogen) atoms. The Kier molecular flexibility index (Phi) is 11.7. The van der Waals surface area contributed by atoms with E-state index in [4.69, 9.17) is 11.1 Å². The van der Waals surface area contributed by atoms with Gasteiger partial charge in [-0.05, 0) is 45.5 Å². The molecule has 0 saturated carbocycles. The average molecular weight is 180 g/mol. The zero-order valence-corrected chi connectivity index (χ0v) is 8.96. The van der Waals surface area contributed by atoms with Crippen LogP contribution in [0, 0.1) is 5.41 Å².